The zero-order valence-electron chi connectivity index (χ0n) is 11.5. The summed E-state index contributed by atoms with van der Waals surface area (Å²) in [5, 5.41) is 4.05. The third-order valence-corrected chi connectivity index (χ3v) is 4.32. The first-order chi connectivity index (χ1) is 8.61. The van der Waals surface area contributed by atoms with E-state index in [1.54, 1.807) is 0 Å². The van der Waals surface area contributed by atoms with Gasteiger partial charge in [-0.05, 0) is 49.1 Å². The predicted octanol–water partition coefficient (Wildman–Crippen LogP) is 3.54. The van der Waals surface area contributed by atoms with Gasteiger partial charge in [-0.1, -0.05) is 25.4 Å². The zero-order chi connectivity index (χ0) is 13.1. The van der Waals surface area contributed by atoms with Crippen LogP contribution >= 0.6 is 11.6 Å². The van der Waals surface area contributed by atoms with Crippen LogP contribution in [0.15, 0.2) is 18.2 Å². The minimum absolute atomic E-state index is 0.761. The second-order valence-corrected chi connectivity index (χ2v) is 5.93. The molecule has 0 saturated carbocycles. The van der Waals surface area contributed by atoms with E-state index in [1.807, 2.05) is 13.1 Å². The molecule has 0 bridgehead atoms. The number of hydrogen-bond donors (Lipinski definition) is 1. The molecule has 1 aromatic carbocycles. The van der Waals surface area contributed by atoms with Gasteiger partial charge in [0.25, 0.3) is 0 Å². The predicted molar refractivity (Wildman–Crippen MR) is 79.4 cm³/mol. The number of nitrogens with one attached hydrogen (secondary N) is 1. The van der Waals surface area contributed by atoms with E-state index >= 15 is 0 Å². The lowest BCUT2D eigenvalue weighted by Crippen LogP contribution is -2.39. The first kappa shape index (κ1) is 13.7. The van der Waals surface area contributed by atoms with Crippen molar-refractivity contribution in [1.29, 1.82) is 0 Å². The molecule has 3 heteroatoms. The summed E-state index contributed by atoms with van der Waals surface area (Å²) < 4.78 is 0. The molecule has 1 heterocycles. The van der Waals surface area contributed by atoms with Crippen molar-refractivity contribution in [1.82, 2.24) is 5.32 Å². The fourth-order valence-corrected chi connectivity index (χ4v) is 2.87. The van der Waals surface area contributed by atoms with Crippen LogP contribution < -0.4 is 10.2 Å². The van der Waals surface area contributed by atoms with Crippen molar-refractivity contribution in [3.05, 3.63) is 28.8 Å². The fourth-order valence-electron chi connectivity index (χ4n) is 2.68. The van der Waals surface area contributed by atoms with Crippen LogP contribution in [0.3, 0.4) is 0 Å². The van der Waals surface area contributed by atoms with Crippen molar-refractivity contribution < 1.29 is 0 Å². The monoisotopic (exact) mass is 266 g/mol. The molecule has 0 aliphatic carbocycles. The molecule has 2 unspecified atom stereocenters. The lowest BCUT2D eigenvalue weighted by atomic mass is 9.88. The lowest BCUT2D eigenvalue weighted by molar-refractivity contribution is 0.323. The number of piperidine rings is 1. The molecule has 18 heavy (non-hydrogen) atoms. The Hall–Kier alpha value is -0.730. The molecule has 100 valence electrons. The van der Waals surface area contributed by atoms with Crippen LogP contribution in [-0.2, 0) is 6.54 Å². The molecule has 2 nitrogen and oxygen atoms in total. The number of hydrogen-bond acceptors (Lipinski definition) is 2. The largest absolute Gasteiger partial charge is 0.371 e. The first-order valence-electron chi connectivity index (χ1n) is 6.79. The molecule has 1 aliphatic heterocycles. The van der Waals surface area contributed by atoms with Crippen LogP contribution in [0.1, 0.15) is 25.8 Å². The van der Waals surface area contributed by atoms with E-state index in [9.17, 15) is 0 Å². The summed E-state index contributed by atoms with van der Waals surface area (Å²) in [5.74, 6) is 1.60. The van der Waals surface area contributed by atoms with Crippen LogP contribution in [0.5, 0.6) is 0 Å². The molecule has 1 saturated heterocycles. The summed E-state index contributed by atoms with van der Waals surface area (Å²) in [7, 11) is 1.98. The van der Waals surface area contributed by atoms with Gasteiger partial charge in [-0.2, -0.15) is 0 Å². The molecule has 1 N–H and O–H groups in total. The Kier molecular flexibility index (Phi) is 4.52. The zero-order valence-corrected chi connectivity index (χ0v) is 12.3. The van der Waals surface area contributed by atoms with Crippen molar-refractivity contribution >= 4 is 17.3 Å². The highest BCUT2D eigenvalue weighted by Crippen LogP contribution is 2.30. The van der Waals surface area contributed by atoms with E-state index < -0.39 is 0 Å². The maximum Gasteiger partial charge on any atom is 0.0412 e. The second kappa shape index (κ2) is 5.94. The number of nitrogens with zero attached hydrogens (tertiary/aromatic N) is 1. The number of benzene rings is 1. The molecule has 0 spiro atoms. The molecular weight excluding hydrogens is 244 g/mol. The number of anilines is 1. The minimum Gasteiger partial charge on any atom is -0.371 e. The Morgan fingerprint density at radius 2 is 2.11 bits per heavy atom. The quantitative estimate of drug-likeness (QED) is 0.900. The SMILES string of the molecule is CNCc1cc(Cl)ccc1N1CCC(C)C(C)C1. The van der Waals surface area contributed by atoms with Crippen LogP contribution in [0.25, 0.3) is 0 Å². The molecule has 2 rings (SSSR count). The van der Waals surface area contributed by atoms with E-state index in [1.165, 1.54) is 17.7 Å². The summed E-state index contributed by atoms with van der Waals surface area (Å²) >= 11 is 6.10. The van der Waals surface area contributed by atoms with Gasteiger partial charge >= 0.3 is 0 Å². The van der Waals surface area contributed by atoms with Gasteiger partial charge in [-0.3, -0.25) is 0 Å². The van der Waals surface area contributed by atoms with Crippen LogP contribution in [0.2, 0.25) is 5.02 Å². The van der Waals surface area contributed by atoms with Crippen LogP contribution in [-0.4, -0.2) is 20.1 Å². The summed E-state index contributed by atoms with van der Waals surface area (Å²) in [6.07, 6.45) is 1.28. The Morgan fingerprint density at radius 3 is 2.78 bits per heavy atom. The number of rotatable bonds is 3. The van der Waals surface area contributed by atoms with E-state index in [4.69, 9.17) is 11.6 Å². The molecule has 2 atom stereocenters. The second-order valence-electron chi connectivity index (χ2n) is 5.49. The van der Waals surface area contributed by atoms with Crippen molar-refractivity contribution in [3.8, 4) is 0 Å². The summed E-state index contributed by atoms with van der Waals surface area (Å²) in [4.78, 5) is 2.51. The lowest BCUT2D eigenvalue weighted by Gasteiger charge is -2.37. The minimum atomic E-state index is 0.761. The average Bonchev–Trinajstić information content (AvgIpc) is 2.34. The molecule has 1 fully saturated rings. The highest BCUT2D eigenvalue weighted by molar-refractivity contribution is 6.30. The maximum atomic E-state index is 6.10. The Labute approximate surface area is 115 Å². The van der Waals surface area contributed by atoms with E-state index in [-0.39, 0.29) is 0 Å². The van der Waals surface area contributed by atoms with Crippen molar-refractivity contribution in [2.75, 3.05) is 25.0 Å². The van der Waals surface area contributed by atoms with Crippen molar-refractivity contribution in [2.45, 2.75) is 26.8 Å². The van der Waals surface area contributed by atoms with Gasteiger partial charge in [0.2, 0.25) is 0 Å². The van der Waals surface area contributed by atoms with E-state index in [0.29, 0.717) is 0 Å². The van der Waals surface area contributed by atoms with Crippen molar-refractivity contribution in [2.24, 2.45) is 11.8 Å². The summed E-state index contributed by atoms with van der Waals surface area (Å²) in [6.45, 7) is 7.89. The normalized spacial score (nSPS) is 24.3. The standard InChI is InChI=1S/C15H23ClN2/c1-11-6-7-18(10-12(11)2)15-5-4-14(16)8-13(15)9-17-3/h4-5,8,11-12,17H,6-7,9-10H2,1-3H3. The van der Waals surface area contributed by atoms with Crippen LogP contribution in [0, 0.1) is 11.8 Å². The van der Waals surface area contributed by atoms with Crippen LogP contribution in [0.4, 0.5) is 5.69 Å². The number of halogens is 1. The van der Waals surface area contributed by atoms with Gasteiger partial charge < -0.3 is 10.2 Å². The molecule has 1 aliphatic rings. The topological polar surface area (TPSA) is 15.3 Å². The van der Waals surface area contributed by atoms with E-state index in [2.05, 4.69) is 36.2 Å². The van der Waals surface area contributed by atoms with Gasteiger partial charge in [0.15, 0.2) is 0 Å². The molecule has 1 aromatic rings. The van der Waals surface area contributed by atoms with Gasteiger partial charge in [0.1, 0.15) is 0 Å². The third kappa shape index (κ3) is 2.99. The first-order valence-corrected chi connectivity index (χ1v) is 7.17. The van der Waals surface area contributed by atoms with Gasteiger partial charge in [0, 0.05) is 30.3 Å². The third-order valence-electron chi connectivity index (χ3n) is 4.08. The Balaban J connectivity index is 2.22. The highest BCUT2D eigenvalue weighted by Gasteiger charge is 2.23. The van der Waals surface area contributed by atoms with E-state index in [0.717, 1.165) is 36.5 Å². The molecule has 0 amide bonds. The van der Waals surface area contributed by atoms with Gasteiger partial charge in [0.05, 0.1) is 0 Å². The molecule has 0 aromatic heterocycles. The fraction of sp³-hybridized carbons (Fsp3) is 0.600. The van der Waals surface area contributed by atoms with Gasteiger partial charge in [-0.15, -0.1) is 0 Å². The molecule has 0 radical (unpaired) electrons. The Morgan fingerprint density at radius 1 is 1.33 bits per heavy atom. The molecular formula is C15H23ClN2. The maximum absolute atomic E-state index is 6.10. The van der Waals surface area contributed by atoms with Crippen molar-refractivity contribution in [3.63, 3.8) is 0 Å². The smallest absolute Gasteiger partial charge is 0.0412 e. The average molecular weight is 267 g/mol. The Bertz CT molecular complexity index is 405. The summed E-state index contributed by atoms with van der Waals surface area (Å²) in [6, 6.07) is 6.24. The van der Waals surface area contributed by atoms with Gasteiger partial charge in [-0.25, -0.2) is 0 Å². The highest BCUT2D eigenvalue weighted by atomic mass is 35.5. The summed E-state index contributed by atoms with van der Waals surface area (Å²) in [5.41, 5.74) is 2.64.